The summed E-state index contributed by atoms with van der Waals surface area (Å²) in [5.74, 6) is -0.302. The van der Waals surface area contributed by atoms with Crippen LogP contribution in [0.4, 0.5) is 26.3 Å². The number of ether oxygens (including phenoxy) is 2. The highest BCUT2D eigenvalue weighted by Crippen LogP contribution is 2.41. The molecule has 168 valence electrons. The van der Waals surface area contributed by atoms with Crippen molar-refractivity contribution in [2.75, 3.05) is 6.61 Å². The SMILES string of the molecule is C=C[C@@H]1CCO[C@H](OC(C)c2cc(C(F)(F)F)cc(C(F)(F)F)c2)[C@H]1c1ccccc1. The summed E-state index contributed by atoms with van der Waals surface area (Å²) < 4.78 is 90.8. The summed E-state index contributed by atoms with van der Waals surface area (Å²) in [4.78, 5) is 0. The number of halogens is 6. The maximum atomic E-state index is 13.2. The van der Waals surface area contributed by atoms with Gasteiger partial charge in [-0.05, 0) is 48.6 Å². The standard InChI is InChI=1S/C23H22F6O2/c1-3-15-9-10-30-21(20(15)16-7-5-4-6-8-16)31-14(2)17-11-18(22(24,25)26)13-19(12-17)23(27,28)29/h3-8,11-15,20-21H,1,9-10H2,2H3/t14?,15-,20-,21-/m1/s1. The molecule has 0 radical (unpaired) electrons. The lowest BCUT2D eigenvalue weighted by atomic mass is 9.82. The Morgan fingerprint density at radius 1 is 1.00 bits per heavy atom. The number of hydrogen-bond acceptors (Lipinski definition) is 2. The van der Waals surface area contributed by atoms with E-state index in [1.807, 2.05) is 30.3 Å². The Kier molecular flexibility index (Phi) is 6.81. The van der Waals surface area contributed by atoms with Crippen molar-refractivity contribution in [1.29, 1.82) is 0 Å². The van der Waals surface area contributed by atoms with Crippen LogP contribution in [0.1, 0.15) is 47.6 Å². The molecule has 1 heterocycles. The van der Waals surface area contributed by atoms with Gasteiger partial charge in [-0.3, -0.25) is 0 Å². The van der Waals surface area contributed by atoms with Crippen molar-refractivity contribution >= 4 is 0 Å². The molecule has 0 bridgehead atoms. The fraction of sp³-hybridized carbons (Fsp3) is 0.391. The second kappa shape index (κ2) is 9.04. The zero-order chi connectivity index (χ0) is 22.8. The van der Waals surface area contributed by atoms with E-state index in [2.05, 4.69) is 6.58 Å². The van der Waals surface area contributed by atoms with Crippen molar-refractivity contribution in [2.24, 2.45) is 5.92 Å². The summed E-state index contributed by atoms with van der Waals surface area (Å²) in [7, 11) is 0. The van der Waals surface area contributed by atoms with E-state index < -0.39 is 35.9 Å². The molecule has 1 unspecified atom stereocenters. The van der Waals surface area contributed by atoms with Gasteiger partial charge in [0.15, 0.2) is 6.29 Å². The number of alkyl halides is 6. The van der Waals surface area contributed by atoms with Crippen molar-refractivity contribution in [3.63, 3.8) is 0 Å². The van der Waals surface area contributed by atoms with E-state index in [1.54, 1.807) is 6.08 Å². The van der Waals surface area contributed by atoms with Crippen LogP contribution >= 0.6 is 0 Å². The maximum Gasteiger partial charge on any atom is 0.416 e. The molecule has 8 heteroatoms. The van der Waals surface area contributed by atoms with Gasteiger partial charge in [0.05, 0.1) is 23.8 Å². The van der Waals surface area contributed by atoms with E-state index in [0.717, 1.165) is 5.56 Å². The van der Waals surface area contributed by atoms with Gasteiger partial charge in [0.1, 0.15) is 0 Å². The predicted octanol–water partition coefficient (Wildman–Crippen LogP) is 7.13. The molecule has 2 aromatic carbocycles. The van der Waals surface area contributed by atoms with E-state index in [9.17, 15) is 26.3 Å². The van der Waals surface area contributed by atoms with Crippen LogP contribution in [0.3, 0.4) is 0 Å². The third-order valence-electron chi connectivity index (χ3n) is 5.39. The first kappa shape index (κ1) is 23.3. The number of hydrogen-bond donors (Lipinski definition) is 0. The maximum absolute atomic E-state index is 13.2. The van der Waals surface area contributed by atoms with E-state index in [-0.39, 0.29) is 23.5 Å². The molecule has 2 aromatic rings. The summed E-state index contributed by atoms with van der Waals surface area (Å²) in [6, 6.07) is 10.8. The Hall–Kier alpha value is -2.32. The summed E-state index contributed by atoms with van der Waals surface area (Å²) in [5, 5.41) is 0. The number of benzene rings is 2. The number of rotatable bonds is 5. The van der Waals surface area contributed by atoms with Crippen LogP contribution in [0.2, 0.25) is 0 Å². The van der Waals surface area contributed by atoms with Gasteiger partial charge in [0.25, 0.3) is 0 Å². The molecule has 0 spiro atoms. The predicted molar refractivity (Wildman–Crippen MR) is 103 cm³/mol. The molecule has 0 saturated carbocycles. The first-order chi connectivity index (χ1) is 14.5. The minimum absolute atomic E-state index is 0.0133. The second-order valence-corrected chi connectivity index (χ2v) is 7.48. The fourth-order valence-corrected chi connectivity index (χ4v) is 3.77. The molecule has 4 atom stereocenters. The summed E-state index contributed by atoms with van der Waals surface area (Å²) in [5.41, 5.74) is -2.08. The first-order valence-electron chi connectivity index (χ1n) is 9.74. The Bertz CT molecular complexity index is 859. The van der Waals surface area contributed by atoms with Crippen molar-refractivity contribution in [2.45, 2.75) is 44.0 Å². The van der Waals surface area contributed by atoms with E-state index in [1.165, 1.54) is 6.92 Å². The monoisotopic (exact) mass is 444 g/mol. The molecule has 31 heavy (non-hydrogen) atoms. The van der Waals surface area contributed by atoms with Gasteiger partial charge in [-0.2, -0.15) is 26.3 Å². The zero-order valence-corrected chi connectivity index (χ0v) is 16.7. The molecule has 0 aliphatic carbocycles. The third-order valence-corrected chi connectivity index (χ3v) is 5.39. The van der Waals surface area contributed by atoms with Crippen LogP contribution < -0.4 is 0 Å². The van der Waals surface area contributed by atoms with Gasteiger partial charge < -0.3 is 9.47 Å². The van der Waals surface area contributed by atoms with Crippen LogP contribution in [0.15, 0.2) is 61.2 Å². The van der Waals surface area contributed by atoms with Gasteiger partial charge in [-0.1, -0.05) is 36.4 Å². The minimum Gasteiger partial charge on any atom is -0.352 e. The average molecular weight is 444 g/mol. The summed E-state index contributed by atoms with van der Waals surface area (Å²) >= 11 is 0. The Morgan fingerprint density at radius 2 is 1.58 bits per heavy atom. The smallest absolute Gasteiger partial charge is 0.352 e. The van der Waals surface area contributed by atoms with Gasteiger partial charge in [-0.25, -0.2) is 0 Å². The lowest BCUT2D eigenvalue weighted by molar-refractivity contribution is -0.205. The van der Waals surface area contributed by atoms with Crippen LogP contribution in [0, 0.1) is 5.92 Å². The average Bonchev–Trinajstić information content (AvgIpc) is 2.72. The quantitative estimate of drug-likeness (QED) is 0.361. The van der Waals surface area contributed by atoms with Crippen LogP contribution in [-0.2, 0) is 21.8 Å². The zero-order valence-electron chi connectivity index (χ0n) is 16.7. The lowest BCUT2D eigenvalue weighted by Gasteiger charge is -2.38. The lowest BCUT2D eigenvalue weighted by Crippen LogP contribution is -2.36. The van der Waals surface area contributed by atoms with E-state index >= 15 is 0 Å². The van der Waals surface area contributed by atoms with Gasteiger partial charge in [0.2, 0.25) is 0 Å². The molecule has 1 aliphatic rings. The second-order valence-electron chi connectivity index (χ2n) is 7.48. The fourth-order valence-electron chi connectivity index (χ4n) is 3.77. The molecule has 0 aromatic heterocycles. The molecular formula is C23H22F6O2. The summed E-state index contributed by atoms with van der Waals surface area (Å²) in [6.45, 7) is 5.60. The minimum atomic E-state index is -4.92. The van der Waals surface area contributed by atoms with Crippen LogP contribution in [-0.4, -0.2) is 12.9 Å². The van der Waals surface area contributed by atoms with E-state index in [4.69, 9.17) is 9.47 Å². The first-order valence-corrected chi connectivity index (χ1v) is 9.74. The van der Waals surface area contributed by atoms with Gasteiger partial charge >= 0.3 is 12.4 Å². The highest BCUT2D eigenvalue weighted by molar-refractivity contribution is 5.35. The van der Waals surface area contributed by atoms with Gasteiger partial charge in [-0.15, -0.1) is 6.58 Å². The van der Waals surface area contributed by atoms with Gasteiger partial charge in [0, 0.05) is 5.92 Å². The Morgan fingerprint density at radius 3 is 2.10 bits per heavy atom. The molecule has 1 aliphatic heterocycles. The molecule has 1 fully saturated rings. The van der Waals surface area contributed by atoms with Crippen molar-refractivity contribution in [3.05, 3.63) is 83.4 Å². The van der Waals surface area contributed by atoms with Crippen LogP contribution in [0.5, 0.6) is 0 Å². The molecule has 0 amide bonds. The molecular weight excluding hydrogens is 422 g/mol. The normalized spacial score (nSPS) is 23.4. The number of allylic oxidation sites excluding steroid dienone is 1. The van der Waals surface area contributed by atoms with Crippen molar-refractivity contribution in [3.8, 4) is 0 Å². The van der Waals surface area contributed by atoms with Crippen molar-refractivity contribution < 1.29 is 35.8 Å². The Labute approximate surface area is 176 Å². The molecule has 3 rings (SSSR count). The van der Waals surface area contributed by atoms with E-state index in [0.29, 0.717) is 25.2 Å². The van der Waals surface area contributed by atoms with Crippen LogP contribution in [0.25, 0.3) is 0 Å². The molecule has 0 N–H and O–H groups in total. The highest BCUT2D eigenvalue weighted by atomic mass is 19.4. The molecule has 1 saturated heterocycles. The largest absolute Gasteiger partial charge is 0.416 e. The Balaban J connectivity index is 1.93. The topological polar surface area (TPSA) is 18.5 Å². The highest BCUT2D eigenvalue weighted by Gasteiger charge is 2.39. The summed E-state index contributed by atoms with van der Waals surface area (Å²) in [6.07, 6.45) is -9.30. The third kappa shape index (κ3) is 5.49. The molecule has 2 nitrogen and oxygen atoms in total. The van der Waals surface area contributed by atoms with Crippen molar-refractivity contribution in [1.82, 2.24) is 0 Å².